The van der Waals surface area contributed by atoms with Crippen molar-refractivity contribution in [2.75, 3.05) is 19.0 Å². The predicted molar refractivity (Wildman–Crippen MR) is 79.7 cm³/mol. The van der Waals surface area contributed by atoms with Gasteiger partial charge in [-0.2, -0.15) is 10.4 Å². The Kier molecular flexibility index (Phi) is 6.96. The van der Waals surface area contributed by atoms with Gasteiger partial charge in [0.15, 0.2) is 5.82 Å². The third-order valence-electron chi connectivity index (χ3n) is 3.30. The van der Waals surface area contributed by atoms with Crippen LogP contribution in [0.4, 0.5) is 5.82 Å². The summed E-state index contributed by atoms with van der Waals surface area (Å²) in [4.78, 5) is 0. The summed E-state index contributed by atoms with van der Waals surface area (Å²) in [5, 5.41) is 21.2. The van der Waals surface area contributed by atoms with Crippen LogP contribution < -0.4 is 5.32 Å². The number of nitrogens with one attached hydrogen (secondary N) is 1. The lowest BCUT2D eigenvalue weighted by Gasteiger charge is -2.19. The molecule has 0 saturated carbocycles. The Balaban J connectivity index is 3.08. The highest BCUT2D eigenvalue weighted by Gasteiger charge is 2.17. The minimum absolute atomic E-state index is 0.156. The summed E-state index contributed by atoms with van der Waals surface area (Å²) >= 11 is 0. The molecule has 0 bridgehead atoms. The number of hydrogen-bond acceptors (Lipinski definition) is 5. The Morgan fingerprint density at radius 3 is 2.50 bits per heavy atom. The van der Waals surface area contributed by atoms with Crippen LogP contribution in [0.1, 0.15) is 50.4 Å². The first kappa shape index (κ1) is 16.4. The molecule has 0 amide bonds. The number of rotatable bonds is 8. The molecule has 0 aliphatic carbocycles. The Morgan fingerprint density at radius 2 is 2.00 bits per heavy atom. The molecule has 1 aromatic rings. The highest BCUT2D eigenvalue weighted by atomic mass is 16.5. The van der Waals surface area contributed by atoms with Gasteiger partial charge < -0.3 is 10.1 Å². The minimum atomic E-state index is 0.156. The van der Waals surface area contributed by atoms with Crippen molar-refractivity contribution in [3.05, 3.63) is 16.8 Å². The summed E-state index contributed by atoms with van der Waals surface area (Å²) in [7, 11) is 1.68. The maximum absolute atomic E-state index is 9.43. The van der Waals surface area contributed by atoms with Crippen LogP contribution >= 0.6 is 0 Å². The van der Waals surface area contributed by atoms with Crippen molar-refractivity contribution in [3.8, 4) is 6.07 Å². The zero-order chi connectivity index (χ0) is 15.0. The summed E-state index contributed by atoms with van der Waals surface area (Å²) in [6.07, 6.45) is 3.60. The molecule has 0 radical (unpaired) electrons. The number of anilines is 1. The van der Waals surface area contributed by atoms with Gasteiger partial charge in [-0.1, -0.05) is 27.2 Å². The molecule has 0 spiro atoms. The number of aromatic nitrogens is 2. The molecule has 0 saturated heterocycles. The van der Waals surface area contributed by atoms with E-state index in [1.54, 1.807) is 7.11 Å². The van der Waals surface area contributed by atoms with Crippen molar-refractivity contribution in [1.29, 1.82) is 5.26 Å². The van der Waals surface area contributed by atoms with E-state index in [9.17, 15) is 5.26 Å². The summed E-state index contributed by atoms with van der Waals surface area (Å²) in [5.41, 5.74) is 2.53. The van der Waals surface area contributed by atoms with Gasteiger partial charge in [0.05, 0.1) is 18.3 Å². The zero-order valence-corrected chi connectivity index (χ0v) is 12.9. The van der Waals surface area contributed by atoms with Crippen molar-refractivity contribution in [2.45, 2.75) is 52.5 Å². The molecule has 1 unspecified atom stereocenters. The summed E-state index contributed by atoms with van der Waals surface area (Å²) in [6.45, 7) is 6.79. The average molecular weight is 276 g/mol. The molecular formula is C15H24N4O. The van der Waals surface area contributed by atoms with Crippen molar-refractivity contribution in [3.63, 3.8) is 0 Å². The monoisotopic (exact) mass is 276 g/mol. The molecule has 0 aliphatic heterocycles. The lowest BCUT2D eigenvalue weighted by Crippen LogP contribution is -2.26. The van der Waals surface area contributed by atoms with Gasteiger partial charge in [-0.05, 0) is 24.8 Å². The van der Waals surface area contributed by atoms with Gasteiger partial charge in [-0.3, -0.25) is 0 Å². The van der Waals surface area contributed by atoms with Gasteiger partial charge in [0.25, 0.3) is 0 Å². The van der Waals surface area contributed by atoms with Crippen molar-refractivity contribution in [2.24, 2.45) is 0 Å². The van der Waals surface area contributed by atoms with E-state index in [4.69, 9.17) is 4.74 Å². The van der Waals surface area contributed by atoms with E-state index in [-0.39, 0.29) is 6.04 Å². The first-order chi connectivity index (χ1) is 9.71. The topological polar surface area (TPSA) is 70.8 Å². The zero-order valence-electron chi connectivity index (χ0n) is 12.9. The highest BCUT2D eigenvalue weighted by molar-refractivity contribution is 5.56. The first-order valence-electron chi connectivity index (χ1n) is 7.25. The smallest absolute Gasteiger partial charge is 0.167 e. The molecule has 5 nitrogen and oxygen atoms in total. The molecule has 1 N–H and O–H groups in total. The van der Waals surface area contributed by atoms with Gasteiger partial charge in [-0.15, -0.1) is 5.10 Å². The SMILES string of the molecule is CCCC(COC)Nc1nnc(CC)c(CC)c1C#N. The normalized spacial score (nSPS) is 11.9. The number of methoxy groups -OCH3 is 1. The highest BCUT2D eigenvalue weighted by Crippen LogP contribution is 2.21. The molecule has 0 aliphatic rings. The van der Waals surface area contributed by atoms with Crippen molar-refractivity contribution >= 4 is 5.82 Å². The molecule has 1 heterocycles. The fraction of sp³-hybridized carbons (Fsp3) is 0.667. The van der Waals surface area contributed by atoms with Crippen LogP contribution in [0.2, 0.25) is 0 Å². The second-order valence-electron chi connectivity index (χ2n) is 4.75. The van der Waals surface area contributed by atoms with E-state index in [1.807, 2.05) is 13.8 Å². The molecule has 5 heteroatoms. The van der Waals surface area contributed by atoms with E-state index < -0.39 is 0 Å². The van der Waals surface area contributed by atoms with E-state index in [2.05, 4.69) is 28.5 Å². The summed E-state index contributed by atoms with van der Waals surface area (Å²) in [6, 6.07) is 2.43. The number of aryl methyl sites for hydroxylation is 1. The van der Waals surface area contributed by atoms with Crippen LogP contribution in [-0.4, -0.2) is 30.0 Å². The molecule has 20 heavy (non-hydrogen) atoms. The first-order valence-corrected chi connectivity index (χ1v) is 7.25. The molecule has 1 atom stereocenters. The third-order valence-corrected chi connectivity index (χ3v) is 3.30. The van der Waals surface area contributed by atoms with Gasteiger partial charge in [0, 0.05) is 7.11 Å². The summed E-state index contributed by atoms with van der Waals surface area (Å²) in [5.74, 6) is 0.581. The molecule has 0 aromatic carbocycles. The largest absolute Gasteiger partial charge is 0.383 e. The maximum Gasteiger partial charge on any atom is 0.167 e. The number of hydrogen-bond donors (Lipinski definition) is 1. The van der Waals surface area contributed by atoms with Crippen molar-refractivity contribution in [1.82, 2.24) is 10.2 Å². The van der Waals surface area contributed by atoms with Crippen LogP contribution in [0, 0.1) is 11.3 Å². The lowest BCUT2D eigenvalue weighted by molar-refractivity contribution is 0.182. The Bertz CT molecular complexity index is 462. The predicted octanol–water partition coefficient (Wildman–Crippen LogP) is 2.70. The Labute approximate surface area is 121 Å². The van der Waals surface area contributed by atoms with E-state index in [0.29, 0.717) is 18.0 Å². The number of nitrogens with zero attached hydrogens (tertiary/aromatic N) is 3. The second kappa shape index (κ2) is 8.49. The van der Waals surface area contributed by atoms with Crippen molar-refractivity contribution < 1.29 is 4.74 Å². The average Bonchev–Trinajstić information content (AvgIpc) is 2.47. The van der Waals surface area contributed by atoms with Crippen LogP contribution in [0.25, 0.3) is 0 Å². The Hall–Kier alpha value is -1.67. The van der Waals surface area contributed by atoms with Gasteiger partial charge >= 0.3 is 0 Å². The number of nitriles is 1. The minimum Gasteiger partial charge on any atom is -0.383 e. The Morgan fingerprint density at radius 1 is 1.25 bits per heavy atom. The van der Waals surface area contributed by atoms with E-state index >= 15 is 0 Å². The molecule has 1 aromatic heterocycles. The van der Waals surface area contributed by atoms with Crippen LogP contribution in [0.5, 0.6) is 0 Å². The fourth-order valence-corrected chi connectivity index (χ4v) is 2.33. The van der Waals surface area contributed by atoms with Gasteiger partial charge in [0.2, 0.25) is 0 Å². The fourth-order valence-electron chi connectivity index (χ4n) is 2.33. The molecule has 1 rings (SSSR count). The van der Waals surface area contributed by atoms with Crippen LogP contribution in [0.15, 0.2) is 0 Å². The lowest BCUT2D eigenvalue weighted by atomic mass is 10.0. The van der Waals surface area contributed by atoms with Gasteiger partial charge in [0.1, 0.15) is 11.6 Å². The standard InChI is InChI=1S/C15H24N4O/c1-5-8-11(10-20-4)17-15-13(9-16)12(6-2)14(7-3)18-19-15/h11H,5-8,10H2,1-4H3,(H,17,19). The van der Waals surface area contributed by atoms with E-state index in [0.717, 1.165) is 36.9 Å². The quantitative estimate of drug-likeness (QED) is 0.790. The molecule has 110 valence electrons. The summed E-state index contributed by atoms with van der Waals surface area (Å²) < 4.78 is 5.21. The van der Waals surface area contributed by atoms with E-state index in [1.165, 1.54) is 0 Å². The number of ether oxygens (including phenoxy) is 1. The van der Waals surface area contributed by atoms with Crippen LogP contribution in [0.3, 0.4) is 0 Å². The maximum atomic E-state index is 9.43. The van der Waals surface area contributed by atoms with Gasteiger partial charge in [-0.25, -0.2) is 0 Å². The molecular weight excluding hydrogens is 252 g/mol. The second-order valence-corrected chi connectivity index (χ2v) is 4.75. The van der Waals surface area contributed by atoms with Crippen LogP contribution in [-0.2, 0) is 17.6 Å². The third kappa shape index (κ3) is 3.91. The molecule has 0 fully saturated rings.